The lowest BCUT2D eigenvalue weighted by atomic mass is 10.0. The molecule has 0 aliphatic heterocycles. The molecule has 0 atom stereocenters. The van der Waals surface area contributed by atoms with Crippen molar-refractivity contribution in [3.8, 4) is 5.75 Å². The normalized spacial score (nSPS) is 13.5. The molecule has 1 aliphatic carbocycles. The molecule has 1 amide bonds. The summed E-state index contributed by atoms with van der Waals surface area (Å²) >= 11 is 1.37. The van der Waals surface area contributed by atoms with Crippen molar-refractivity contribution in [2.75, 3.05) is 18.5 Å². The Morgan fingerprint density at radius 2 is 2.04 bits per heavy atom. The minimum absolute atomic E-state index is 0.110. The fourth-order valence-corrected chi connectivity index (χ4v) is 4.06. The summed E-state index contributed by atoms with van der Waals surface area (Å²) in [6.07, 6.45) is 2.15. The van der Waals surface area contributed by atoms with Crippen molar-refractivity contribution in [3.05, 3.63) is 45.8 Å². The third kappa shape index (κ3) is 4.73. The minimum atomic E-state index is -0.373. The third-order valence-electron chi connectivity index (χ3n) is 4.81. The van der Waals surface area contributed by atoms with Crippen LogP contribution in [0.4, 0.5) is 5.00 Å². The van der Waals surface area contributed by atoms with Gasteiger partial charge in [0.15, 0.2) is 6.61 Å². The highest BCUT2D eigenvalue weighted by Crippen LogP contribution is 2.46. The number of esters is 1. The Morgan fingerprint density at radius 1 is 1.29 bits per heavy atom. The van der Waals surface area contributed by atoms with Crippen LogP contribution in [0.3, 0.4) is 0 Å². The van der Waals surface area contributed by atoms with E-state index in [9.17, 15) is 9.59 Å². The molecule has 150 valence electrons. The number of carbonyl (C=O) groups is 2. The van der Waals surface area contributed by atoms with Gasteiger partial charge in [-0.3, -0.25) is 4.79 Å². The number of thiophene rings is 1. The molecule has 3 rings (SSSR count). The summed E-state index contributed by atoms with van der Waals surface area (Å²) in [5.41, 5.74) is 3.63. The smallest absolute Gasteiger partial charge is 0.341 e. The van der Waals surface area contributed by atoms with Gasteiger partial charge in [0.05, 0.1) is 12.2 Å². The van der Waals surface area contributed by atoms with Crippen molar-refractivity contribution in [1.82, 2.24) is 0 Å². The molecule has 1 aromatic carbocycles. The van der Waals surface area contributed by atoms with Gasteiger partial charge in [-0.15, -0.1) is 11.3 Å². The number of ether oxygens (including phenoxy) is 2. The molecule has 0 bridgehead atoms. The maximum atomic E-state index is 12.5. The van der Waals surface area contributed by atoms with Gasteiger partial charge in [0.1, 0.15) is 10.8 Å². The van der Waals surface area contributed by atoms with E-state index in [1.807, 2.05) is 24.4 Å². The van der Waals surface area contributed by atoms with Crippen molar-refractivity contribution in [2.45, 2.75) is 52.4 Å². The van der Waals surface area contributed by atoms with E-state index in [2.05, 4.69) is 25.2 Å². The molecule has 1 fully saturated rings. The molecule has 0 saturated heterocycles. The van der Waals surface area contributed by atoms with E-state index in [4.69, 9.17) is 9.47 Å². The molecule has 1 aliphatic rings. The fraction of sp³-hybridized carbons (Fsp3) is 0.455. The number of nitrogens with one attached hydrogen (secondary N) is 1. The first kappa shape index (κ1) is 20.4. The van der Waals surface area contributed by atoms with E-state index in [0.717, 1.165) is 29.5 Å². The molecule has 5 nitrogen and oxygen atoms in total. The summed E-state index contributed by atoms with van der Waals surface area (Å²) in [5.74, 6) is 0.832. The fourth-order valence-electron chi connectivity index (χ4n) is 3.01. The number of hydrogen-bond donors (Lipinski definition) is 1. The number of amides is 1. The molecule has 2 aromatic rings. The predicted molar refractivity (Wildman–Crippen MR) is 112 cm³/mol. The Hall–Kier alpha value is -2.34. The molecule has 0 spiro atoms. The molecule has 1 aromatic heterocycles. The standard InChI is InChI=1S/C22H27NO4S/c1-5-26-22(25)20-17(15-8-9-15)12-28-21(20)23-19(24)11-27-18-10-16(13(2)3)7-6-14(18)4/h6-7,10,12-13,15H,5,8-9,11H2,1-4H3,(H,23,24). The van der Waals surface area contributed by atoms with Crippen molar-refractivity contribution < 1.29 is 19.1 Å². The molecular formula is C22H27NO4S. The van der Waals surface area contributed by atoms with Gasteiger partial charge in [-0.1, -0.05) is 26.0 Å². The monoisotopic (exact) mass is 401 g/mol. The Morgan fingerprint density at radius 3 is 2.68 bits per heavy atom. The molecule has 28 heavy (non-hydrogen) atoms. The van der Waals surface area contributed by atoms with Gasteiger partial charge < -0.3 is 14.8 Å². The van der Waals surface area contributed by atoms with Crippen LogP contribution < -0.4 is 10.1 Å². The lowest BCUT2D eigenvalue weighted by Crippen LogP contribution is -2.21. The number of hydrogen-bond acceptors (Lipinski definition) is 5. The summed E-state index contributed by atoms with van der Waals surface area (Å²) < 4.78 is 10.9. The Bertz CT molecular complexity index is 867. The van der Waals surface area contributed by atoms with E-state index in [0.29, 0.717) is 34.8 Å². The summed E-state index contributed by atoms with van der Waals surface area (Å²) in [6, 6.07) is 6.06. The highest BCUT2D eigenvalue weighted by atomic mass is 32.1. The van der Waals surface area contributed by atoms with Crippen molar-refractivity contribution in [2.24, 2.45) is 0 Å². The highest BCUT2D eigenvalue weighted by molar-refractivity contribution is 7.15. The average Bonchev–Trinajstić information content (AvgIpc) is 3.41. The first-order valence-electron chi connectivity index (χ1n) is 9.72. The van der Waals surface area contributed by atoms with Crippen LogP contribution in [0.2, 0.25) is 0 Å². The molecule has 1 heterocycles. The Balaban J connectivity index is 1.69. The second kappa shape index (κ2) is 8.78. The van der Waals surface area contributed by atoms with Gasteiger partial charge in [0.25, 0.3) is 5.91 Å². The zero-order valence-electron chi connectivity index (χ0n) is 16.8. The van der Waals surface area contributed by atoms with E-state index in [1.54, 1.807) is 6.92 Å². The quantitative estimate of drug-likeness (QED) is 0.614. The predicted octanol–water partition coefficient (Wildman–Crippen LogP) is 5.25. The van der Waals surface area contributed by atoms with Crippen LogP contribution in [0.25, 0.3) is 0 Å². The average molecular weight is 402 g/mol. The third-order valence-corrected chi connectivity index (χ3v) is 5.72. The minimum Gasteiger partial charge on any atom is -0.483 e. The summed E-state index contributed by atoms with van der Waals surface area (Å²) in [6.45, 7) is 8.17. The number of rotatable bonds is 8. The second-order valence-electron chi connectivity index (χ2n) is 7.41. The van der Waals surface area contributed by atoms with Crippen molar-refractivity contribution in [1.29, 1.82) is 0 Å². The second-order valence-corrected chi connectivity index (χ2v) is 8.29. The van der Waals surface area contributed by atoms with E-state index >= 15 is 0 Å². The van der Waals surface area contributed by atoms with Crippen LogP contribution in [0.5, 0.6) is 5.75 Å². The topological polar surface area (TPSA) is 64.6 Å². The summed E-state index contributed by atoms with van der Waals surface area (Å²) in [4.78, 5) is 24.9. The first-order chi connectivity index (χ1) is 13.4. The zero-order chi connectivity index (χ0) is 20.3. The SMILES string of the molecule is CCOC(=O)c1c(C2CC2)csc1NC(=O)COc1cc(C(C)C)ccc1C. The van der Waals surface area contributed by atoms with E-state index in [1.165, 1.54) is 11.3 Å². The molecule has 1 saturated carbocycles. The molecule has 1 N–H and O–H groups in total. The van der Waals surface area contributed by atoms with Crippen LogP contribution in [-0.4, -0.2) is 25.1 Å². The molecule has 0 unspecified atom stereocenters. The van der Waals surface area contributed by atoms with Crippen LogP contribution in [-0.2, 0) is 9.53 Å². The van der Waals surface area contributed by atoms with Gasteiger partial charge in [-0.2, -0.15) is 0 Å². The zero-order valence-corrected chi connectivity index (χ0v) is 17.7. The number of benzene rings is 1. The number of aryl methyl sites for hydroxylation is 1. The summed E-state index contributed by atoms with van der Waals surface area (Å²) in [5, 5.41) is 5.33. The van der Waals surface area contributed by atoms with Crippen LogP contribution in [0.1, 0.15) is 72.5 Å². The summed E-state index contributed by atoms with van der Waals surface area (Å²) in [7, 11) is 0. The Labute approximate surface area is 170 Å². The van der Waals surface area contributed by atoms with Crippen LogP contribution in [0, 0.1) is 6.92 Å². The largest absolute Gasteiger partial charge is 0.483 e. The maximum Gasteiger partial charge on any atom is 0.341 e. The van der Waals surface area contributed by atoms with Gasteiger partial charge in [0.2, 0.25) is 0 Å². The van der Waals surface area contributed by atoms with Crippen molar-refractivity contribution in [3.63, 3.8) is 0 Å². The van der Waals surface area contributed by atoms with Gasteiger partial charge in [-0.25, -0.2) is 4.79 Å². The lowest BCUT2D eigenvalue weighted by molar-refractivity contribution is -0.118. The molecule has 0 radical (unpaired) electrons. The number of anilines is 1. The first-order valence-corrected chi connectivity index (χ1v) is 10.6. The van der Waals surface area contributed by atoms with Crippen LogP contribution >= 0.6 is 11.3 Å². The molecule has 6 heteroatoms. The Kier molecular flexibility index (Phi) is 6.39. The van der Waals surface area contributed by atoms with Gasteiger partial charge in [-0.05, 0) is 66.7 Å². The molecular weight excluding hydrogens is 374 g/mol. The van der Waals surface area contributed by atoms with Gasteiger partial charge >= 0.3 is 5.97 Å². The number of carbonyl (C=O) groups excluding carboxylic acids is 2. The van der Waals surface area contributed by atoms with Gasteiger partial charge in [0, 0.05) is 0 Å². The maximum absolute atomic E-state index is 12.5. The highest BCUT2D eigenvalue weighted by Gasteiger charge is 2.32. The lowest BCUT2D eigenvalue weighted by Gasteiger charge is -2.13. The van der Waals surface area contributed by atoms with E-state index < -0.39 is 0 Å². The van der Waals surface area contributed by atoms with E-state index in [-0.39, 0.29) is 18.5 Å². The van der Waals surface area contributed by atoms with Crippen molar-refractivity contribution >= 4 is 28.2 Å². The van der Waals surface area contributed by atoms with Crippen LogP contribution in [0.15, 0.2) is 23.6 Å².